The maximum Gasteiger partial charge on any atom is 0.270 e. The van der Waals surface area contributed by atoms with Crippen LogP contribution in [-0.4, -0.2) is 4.92 Å². The summed E-state index contributed by atoms with van der Waals surface area (Å²) in [6.45, 7) is 0. The van der Waals surface area contributed by atoms with Crippen LogP contribution in [0.15, 0.2) is 52.9 Å². The molecule has 3 aromatic rings. The summed E-state index contributed by atoms with van der Waals surface area (Å²) in [6, 6.07) is 15.5. The Morgan fingerprint density at radius 2 is 1.90 bits per heavy atom. The molecule has 3 rings (SSSR count). The first-order valence-electron chi connectivity index (χ1n) is 5.87. The Balaban J connectivity index is 2.30. The van der Waals surface area contributed by atoms with Gasteiger partial charge in [-0.1, -0.05) is 30.3 Å². The number of benzene rings is 2. The van der Waals surface area contributed by atoms with Crippen molar-refractivity contribution in [1.82, 2.24) is 0 Å². The van der Waals surface area contributed by atoms with E-state index in [9.17, 15) is 15.4 Å². The molecular formula is C15H8N2O3. The minimum atomic E-state index is -0.490. The van der Waals surface area contributed by atoms with Gasteiger partial charge in [0.25, 0.3) is 5.69 Å². The first kappa shape index (κ1) is 11.9. The standard InChI is InChI=1S/C15H8N2O3/c16-9-13-12-8-11(17(18)19)6-7-14(12)20-15(13)10-4-2-1-3-5-10/h1-8H. The molecule has 0 spiro atoms. The Hall–Kier alpha value is -3.13. The smallest absolute Gasteiger partial charge is 0.270 e. The Bertz CT molecular complexity index is 845. The van der Waals surface area contributed by atoms with Crippen LogP contribution < -0.4 is 0 Å². The summed E-state index contributed by atoms with van der Waals surface area (Å²) in [5, 5.41) is 20.6. The Morgan fingerprint density at radius 3 is 2.55 bits per heavy atom. The van der Waals surface area contributed by atoms with Gasteiger partial charge in [-0.25, -0.2) is 0 Å². The van der Waals surface area contributed by atoms with E-state index in [0.29, 0.717) is 22.3 Å². The highest BCUT2D eigenvalue weighted by molar-refractivity contribution is 5.92. The third-order valence-corrected chi connectivity index (χ3v) is 3.03. The summed E-state index contributed by atoms with van der Waals surface area (Å²) >= 11 is 0. The van der Waals surface area contributed by atoms with Crippen LogP contribution in [0.4, 0.5) is 5.69 Å². The zero-order valence-electron chi connectivity index (χ0n) is 10.2. The van der Waals surface area contributed by atoms with Crippen LogP contribution in [0.25, 0.3) is 22.3 Å². The zero-order chi connectivity index (χ0) is 14.1. The van der Waals surface area contributed by atoms with Gasteiger partial charge in [-0.15, -0.1) is 0 Å². The molecule has 5 nitrogen and oxygen atoms in total. The molecule has 0 aliphatic heterocycles. The summed E-state index contributed by atoms with van der Waals surface area (Å²) in [7, 11) is 0. The minimum absolute atomic E-state index is 0.0607. The van der Waals surface area contributed by atoms with E-state index in [1.165, 1.54) is 18.2 Å². The summed E-state index contributed by atoms with van der Waals surface area (Å²) in [6.07, 6.45) is 0. The van der Waals surface area contributed by atoms with Crippen molar-refractivity contribution < 1.29 is 9.34 Å². The van der Waals surface area contributed by atoms with E-state index in [1.54, 1.807) is 0 Å². The van der Waals surface area contributed by atoms with Crippen molar-refractivity contribution in [2.24, 2.45) is 0 Å². The van der Waals surface area contributed by atoms with Gasteiger partial charge in [0, 0.05) is 23.1 Å². The fourth-order valence-corrected chi connectivity index (χ4v) is 2.10. The van der Waals surface area contributed by atoms with Crippen molar-refractivity contribution in [2.75, 3.05) is 0 Å². The topological polar surface area (TPSA) is 80.1 Å². The number of fused-ring (bicyclic) bond motifs is 1. The van der Waals surface area contributed by atoms with Crippen LogP contribution in [-0.2, 0) is 0 Å². The second-order valence-corrected chi connectivity index (χ2v) is 4.22. The predicted molar refractivity (Wildman–Crippen MR) is 73.0 cm³/mol. The lowest BCUT2D eigenvalue weighted by Gasteiger charge is -1.95. The number of non-ortho nitro benzene ring substituents is 1. The first-order chi connectivity index (χ1) is 9.70. The molecule has 0 radical (unpaired) electrons. The number of hydrogen-bond donors (Lipinski definition) is 0. The molecule has 0 aliphatic carbocycles. The Kier molecular flexibility index (Phi) is 2.70. The third-order valence-electron chi connectivity index (χ3n) is 3.03. The molecule has 2 aromatic carbocycles. The van der Waals surface area contributed by atoms with E-state index in [2.05, 4.69) is 6.07 Å². The molecule has 0 atom stereocenters. The highest BCUT2D eigenvalue weighted by atomic mass is 16.6. The van der Waals surface area contributed by atoms with Gasteiger partial charge in [-0.05, 0) is 6.07 Å². The van der Waals surface area contributed by atoms with Gasteiger partial charge in [0.15, 0.2) is 5.76 Å². The minimum Gasteiger partial charge on any atom is -0.455 e. The molecule has 0 saturated carbocycles. The Labute approximate surface area is 113 Å². The summed E-state index contributed by atoms with van der Waals surface area (Å²) in [5.74, 6) is 0.434. The van der Waals surface area contributed by atoms with E-state index < -0.39 is 4.92 Å². The van der Waals surface area contributed by atoms with Crippen molar-refractivity contribution in [1.29, 1.82) is 5.26 Å². The third kappa shape index (κ3) is 1.80. The molecule has 0 aliphatic rings. The molecule has 0 fully saturated rings. The fraction of sp³-hybridized carbons (Fsp3) is 0. The van der Waals surface area contributed by atoms with Crippen LogP contribution in [0.2, 0.25) is 0 Å². The lowest BCUT2D eigenvalue weighted by atomic mass is 10.1. The molecule has 0 saturated heterocycles. The van der Waals surface area contributed by atoms with Crippen molar-refractivity contribution >= 4 is 16.7 Å². The molecule has 20 heavy (non-hydrogen) atoms. The van der Waals surface area contributed by atoms with Crippen molar-refractivity contribution in [3.63, 3.8) is 0 Å². The summed E-state index contributed by atoms with van der Waals surface area (Å²) < 4.78 is 5.67. The first-order valence-corrected chi connectivity index (χ1v) is 5.87. The van der Waals surface area contributed by atoms with Gasteiger partial charge in [0.1, 0.15) is 17.2 Å². The molecular weight excluding hydrogens is 256 g/mol. The average molecular weight is 264 g/mol. The quantitative estimate of drug-likeness (QED) is 0.519. The van der Waals surface area contributed by atoms with Gasteiger partial charge in [0.05, 0.1) is 4.92 Å². The molecule has 1 aromatic heterocycles. The molecule has 5 heteroatoms. The molecule has 0 unspecified atom stereocenters. The van der Waals surface area contributed by atoms with Crippen LogP contribution in [0, 0.1) is 21.4 Å². The molecule has 0 N–H and O–H groups in total. The number of nitro groups is 1. The second kappa shape index (κ2) is 4.52. The SMILES string of the molecule is N#Cc1c(-c2ccccc2)oc2ccc([N+](=O)[O-])cc12. The number of rotatable bonds is 2. The van der Waals surface area contributed by atoms with Crippen molar-refractivity contribution in [3.8, 4) is 17.4 Å². The maximum absolute atomic E-state index is 10.8. The van der Waals surface area contributed by atoms with Gasteiger partial charge in [0.2, 0.25) is 0 Å². The number of nitro benzene ring substituents is 1. The van der Waals surface area contributed by atoms with Crippen molar-refractivity contribution in [3.05, 3.63) is 64.2 Å². The summed E-state index contributed by atoms with van der Waals surface area (Å²) in [4.78, 5) is 10.3. The van der Waals surface area contributed by atoms with E-state index in [4.69, 9.17) is 4.42 Å². The number of nitrogens with zero attached hydrogens (tertiary/aromatic N) is 2. The zero-order valence-corrected chi connectivity index (χ0v) is 10.2. The van der Waals surface area contributed by atoms with Gasteiger partial charge in [-0.2, -0.15) is 5.26 Å². The van der Waals surface area contributed by atoms with Gasteiger partial charge >= 0.3 is 0 Å². The van der Waals surface area contributed by atoms with E-state index in [1.807, 2.05) is 30.3 Å². The van der Waals surface area contributed by atoms with E-state index >= 15 is 0 Å². The second-order valence-electron chi connectivity index (χ2n) is 4.22. The number of hydrogen-bond acceptors (Lipinski definition) is 4. The predicted octanol–water partition coefficient (Wildman–Crippen LogP) is 3.88. The van der Waals surface area contributed by atoms with Crippen molar-refractivity contribution in [2.45, 2.75) is 0 Å². The highest BCUT2D eigenvalue weighted by Crippen LogP contribution is 2.34. The summed E-state index contributed by atoms with van der Waals surface area (Å²) in [5.41, 5.74) is 1.48. The van der Waals surface area contributed by atoms with E-state index in [-0.39, 0.29) is 5.69 Å². The van der Waals surface area contributed by atoms with Crippen LogP contribution in [0.1, 0.15) is 5.56 Å². The van der Waals surface area contributed by atoms with Gasteiger partial charge in [-0.3, -0.25) is 10.1 Å². The highest BCUT2D eigenvalue weighted by Gasteiger charge is 2.18. The van der Waals surface area contributed by atoms with Crippen LogP contribution in [0.3, 0.4) is 0 Å². The molecule has 0 bridgehead atoms. The Morgan fingerprint density at radius 1 is 1.15 bits per heavy atom. The van der Waals surface area contributed by atoms with Crippen LogP contribution >= 0.6 is 0 Å². The normalized spacial score (nSPS) is 10.3. The van der Waals surface area contributed by atoms with Crippen LogP contribution in [0.5, 0.6) is 0 Å². The molecule has 0 amide bonds. The van der Waals surface area contributed by atoms with Gasteiger partial charge < -0.3 is 4.42 Å². The number of furan rings is 1. The molecule has 1 heterocycles. The average Bonchev–Trinajstić information content (AvgIpc) is 2.85. The fourth-order valence-electron chi connectivity index (χ4n) is 2.10. The van der Waals surface area contributed by atoms with E-state index in [0.717, 1.165) is 5.56 Å². The lowest BCUT2D eigenvalue weighted by Crippen LogP contribution is -1.86. The number of nitriles is 1. The largest absolute Gasteiger partial charge is 0.455 e. The lowest BCUT2D eigenvalue weighted by molar-refractivity contribution is -0.384. The monoisotopic (exact) mass is 264 g/mol. The molecule has 96 valence electrons. The maximum atomic E-state index is 10.8.